The van der Waals surface area contributed by atoms with Gasteiger partial charge in [-0.3, -0.25) is 9.59 Å². The van der Waals surface area contributed by atoms with Crippen LogP contribution >= 0.6 is 11.3 Å². The highest BCUT2D eigenvalue weighted by Gasteiger charge is 2.35. The molecule has 1 aromatic carbocycles. The summed E-state index contributed by atoms with van der Waals surface area (Å²) in [5.41, 5.74) is 1.03. The lowest BCUT2D eigenvalue weighted by Crippen LogP contribution is -2.48. The van der Waals surface area contributed by atoms with E-state index in [-0.39, 0.29) is 42.5 Å². The molecule has 172 valence electrons. The van der Waals surface area contributed by atoms with Gasteiger partial charge in [-0.15, -0.1) is 11.3 Å². The molecule has 1 saturated carbocycles. The molecule has 0 spiro atoms. The first-order valence-corrected chi connectivity index (χ1v) is 12.0. The van der Waals surface area contributed by atoms with E-state index >= 15 is 0 Å². The number of ether oxygens (including phenoxy) is 1. The molecule has 1 aliphatic heterocycles. The molecule has 0 unspecified atom stereocenters. The van der Waals surface area contributed by atoms with Crippen LogP contribution in [0, 0.1) is 11.7 Å². The Bertz CT molecular complexity index is 1130. The second-order valence-corrected chi connectivity index (χ2v) is 9.50. The molecular weight excluding hydrogens is 443 g/mol. The SMILES string of the molecule is O=C(c1ccco1)N(CC(=O)N1CCc2sccc2[C@@H]1COc1ccccc1F)CC1CC1. The number of carbonyl (C=O) groups is 2. The zero-order valence-corrected chi connectivity index (χ0v) is 18.9. The fraction of sp³-hybridized carbons (Fsp3) is 0.360. The highest BCUT2D eigenvalue weighted by molar-refractivity contribution is 7.10. The predicted octanol–water partition coefficient (Wildman–Crippen LogP) is 4.54. The molecule has 2 amide bonds. The van der Waals surface area contributed by atoms with Crippen LogP contribution in [0.5, 0.6) is 5.75 Å². The smallest absolute Gasteiger partial charge is 0.290 e. The van der Waals surface area contributed by atoms with Gasteiger partial charge in [0.2, 0.25) is 5.91 Å². The van der Waals surface area contributed by atoms with Gasteiger partial charge < -0.3 is 19.0 Å². The molecule has 0 N–H and O–H groups in total. The molecule has 8 heteroatoms. The average molecular weight is 469 g/mol. The van der Waals surface area contributed by atoms with Crippen molar-refractivity contribution in [1.29, 1.82) is 0 Å². The maximum absolute atomic E-state index is 14.1. The third-order valence-corrected chi connectivity index (χ3v) is 7.17. The summed E-state index contributed by atoms with van der Waals surface area (Å²) in [5, 5.41) is 2.01. The largest absolute Gasteiger partial charge is 0.488 e. The van der Waals surface area contributed by atoms with E-state index in [1.54, 1.807) is 51.5 Å². The van der Waals surface area contributed by atoms with Crippen molar-refractivity contribution in [3.05, 3.63) is 76.1 Å². The van der Waals surface area contributed by atoms with Crippen molar-refractivity contribution in [3.8, 4) is 5.75 Å². The van der Waals surface area contributed by atoms with E-state index in [0.717, 1.165) is 24.8 Å². The van der Waals surface area contributed by atoms with Crippen molar-refractivity contribution in [1.82, 2.24) is 9.80 Å². The normalized spacial score (nSPS) is 17.5. The lowest BCUT2D eigenvalue weighted by atomic mass is 10.0. The van der Waals surface area contributed by atoms with Crippen molar-refractivity contribution >= 4 is 23.2 Å². The number of amides is 2. The number of fused-ring (bicyclic) bond motifs is 1. The van der Waals surface area contributed by atoms with Gasteiger partial charge in [0.1, 0.15) is 13.2 Å². The number of carbonyl (C=O) groups excluding carboxylic acids is 2. The van der Waals surface area contributed by atoms with E-state index in [4.69, 9.17) is 9.15 Å². The Hall–Kier alpha value is -3.13. The Kier molecular flexibility index (Phi) is 6.17. The van der Waals surface area contributed by atoms with Gasteiger partial charge in [-0.05, 0) is 66.5 Å². The van der Waals surface area contributed by atoms with Crippen molar-refractivity contribution in [2.24, 2.45) is 5.92 Å². The number of halogens is 1. The van der Waals surface area contributed by atoms with Crippen molar-refractivity contribution in [3.63, 3.8) is 0 Å². The molecule has 0 bridgehead atoms. The third-order valence-electron chi connectivity index (χ3n) is 6.17. The van der Waals surface area contributed by atoms with Crippen molar-refractivity contribution in [2.75, 3.05) is 26.2 Å². The van der Waals surface area contributed by atoms with Gasteiger partial charge in [0.05, 0.1) is 12.3 Å². The fourth-order valence-electron chi connectivity index (χ4n) is 4.25. The Morgan fingerprint density at radius 3 is 2.79 bits per heavy atom. The molecule has 0 saturated heterocycles. The number of hydrogen-bond acceptors (Lipinski definition) is 5. The summed E-state index contributed by atoms with van der Waals surface area (Å²) in [6, 6.07) is 11.2. The summed E-state index contributed by atoms with van der Waals surface area (Å²) in [5.74, 6) is -0.0162. The summed E-state index contributed by atoms with van der Waals surface area (Å²) in [7, 11) is 0. The maximum Gasteiger partial charge on any atom is 0.290 e. The molecule has 3 heterocycles. The summed E-state index contributed by atoms with van der Waals surface area (Å²) in [6.07, 6.45) is 4.35. The van der Waals surface area contributed by atoms with Crippen LogP contribution in [0.1, 0.15) is 39.9 Å². The minimum atomic E-state index is -0.434. The fourth-order valence-corrected chi connectivity index (χ4v) is 5.17. The lowest BCUT2D eigenvalue weighted by Gasteiger charge is -2.37. The number of nitrogens with zero attached hydrogens (tertiary/aromatic N) is 2. The number of hydrogen-bond donors (Lipinski definition) is 0. The second-order valence-electron chi connectivity index (χ2n) is 8.50. The summed E-state index contributed by atoms with van der Waals surface area (Å²) >= 11 is 1.66. The Morgan fingerprint density at radius 2 is 2.03 bits per heavy atom. The number of thiophene rings is 1. The van der Waals surface area contributed by atoms with Gasteiger partial charge >= 0.3 is 0 Å². The zero-order chi connectivity index (χ0) is 22.8. The monoisotopic (exact) mass is 468 g/mol. The predicted molar refractivity (Wildman–Crippen MR) is 122 cm³/mol. The molecule has 2 aliphatic rings. The topological polar surface area (TPSA) is 63.0 Å². The van der Waals surface area contributed by atoms with Crippen molar-refractivity contribution in [2.45, 2.75) is 25.3 Å². The average Bonchev–Trinajstić information content (AvgIpc) is 3.26. The van der Waals surface area contributed by atoms with Gasteiger partial charge in [-0.25, -0.2) is 4.39 Å². The van der Waals surface area contributed by atoms with E-state index in [0.29, 0.717) is 19.0 Å². The summed E-state index contributed by atoms with van der Waals surface area (Å²) < 4.78 is 25.2. The van der Waals surface area contributed by atoms with Gasteiger partial charge in [0, 0.05) is 18.0 Å². The molecule has 1 fully saturated rings. The van der Waals surface area contributed by atoms with Crippen LogP contribution in [0.4, 0.5) is 4.39 Å². The zero-order valence-electron chi connectivity index (χ0n) is 18.1. The number of furan rings is 1. The van der Waals surface area contributed by atoms with Crippen LogP contribution in [0.15, 0.2) is 58.5 Å². The van der Waals surface area contributed by atoms with E-state index in [1.165, 1.54) is 17.2 Å². The molecule has 6 nitrogen and oxygen atoms in total. The quantitative estimate of drug-likeness (QED) is 0.487. The van der Waals surface area contributed by atoms with Gasteiger partial charge in [-0.2, -0.15) is 0 Å². The highest BCUT2D eigenvalue weighted by Crippen LogP contribution is 2.35. The van der Waals surface area contributed by atoms with Crippen LogP contribution in [-0.4, -0.2) is 47.9 Å². The Balaban J connectivity index is 1.34. The third kappa shape index (κ3) is 4.80. The minimum absolute atomic E-state index is 0.0221. The van der Waals surface area contributed by atoms with Crippen LogP contribution in [-0.2, 0) is 11.2 Å². The van der Waals surface area contributed by atoms with Gasteiger partial charge in [-0.1, -0.05) is 12.1 Å². The Labute approximate surface area is 195 Å². The first kappa shape index (κ1) is 21.7. The molecule has 1 aliphatic carbocycles. The maximum atomic E-state index is 14.1. The van der Waals surface area contributed by atoms with E-state index in [2.05, 4.69) is 0 Å². The number of para-hydroxylation sites is 1. The first-order valence-electron chi connectivity index (χ1n) is 11.2. The molecule has 0 radical (unpaired) electrons. The Morgan fingerprint density at radius 1 is 1.18 bits per heavy atom. The molecular formula is C25H25FN2O4S. The molecule has 1 atom stereocenters. The molecule has 3 aromatic rings. The molecule has 5 rings (SSSR count). The lowest BCUT2D eigenvalue weighted by molar-refractivity contribution is -0.135. The number of benzene rings is 1. The van der Waals surface area contributed by atoms with Crippen molar-refractivity contribution < 1.29 is 23.1 Å². The second kappa shape index (κ2) is 9.39. The van der Waals surface area contributed by atoms with E-state index in [9.17, 15) is 14.0 Å². The van der Waals surface area contributed by atoms with Crippen LogP contribution in [0.3, 0.4) is 0 Å². The number of rotatable bonds is 8. The molecule has 2 aromatic heterocycles. The van der Waals surface area contributed by atoms with E-state index in [1.807, 2.05) is 11.4 Å². The molecule has 33 heavy (non-hydrogen) atoms. The van der Waals surface area contributed by atoms with Gasteiger partial charge in [0.15, 0.2) is 17.3 Å². The van der Waals surface area contributed by atoms with Crippen LogP contribution in [0.25, 0.3) is 0 Å². The first-order chi connectivity index (χ1) is 16.1. The highest BCUT2D eigenvalue weighted by atomic mass is 32.1. The van der Waals surface area contributed by atoms with E-state index < -0.39 is 5.82 Å². The van der Waals surface area contributed by atoms with Gasteiger partial charge in [0.25, 0.3) is 5.91 Å². The summed E-state index contributed by atoms with van der Waals surface area (Å²) in [4.78, 5) is 31.0. The van der Waals surface area contributed by atoms with Crippen LogP contribution < -0.4 is 4.74 Å². The summed E-state index contributed by atoms with van der Waals surface area (Å²) in [6.45, 7) is 1.19. The minimum Gasteiger partial charge on any atom is -0.488 e. The van der Waals surface area contributed by atoms with Crippen LogP contribution in [0.2, 0.25) is 0 Å². The standard InChI is InChI=1S/C25H25FN2O4S/c26-19-4-1-2-5-21(19)32-16-20-18-10-13-33-23(18)9-11-28(20)24(29)15-27(14-17-7-8-17)25(30)22-6-3-12-31-22/h1-6,10,12-13,17,20H,7-9,11,14-16H2/t20-/m0/s1.